The van der Waals surface area contributed by atoms with Crippen molar-refractivity contribution in [3.05, 3.63) is 101 Å². The monoisotopic (exact) mass is 546 g/mol. The van der Waals surface area contributed by atoms with Crippen LogP contribution < -0.4 is 4.74 Å². The number of carbonyl (C=O) groups excluding carboxylic acids is 1. The van der Waals surface area contributed by atoms with Gasteiger partial charge in [0, 0.05) is 68.9 Å². The van der Waals surface area contributed by atoms with Crippen molar-refractivity contribution >= 4 is 16.8 Å². The Labute approximate surface area is 240 Å². The minimum atomic E-state index is 0.0849. The zero-order valence-electron chi connectivity index (χ0n) is 23.7. The number of aryl methyl sites for hydroxylation is 2. The number of Topliss-reactive ketones (excluding diaryl/α,β-unsaturated/α-hetero) is 1. The molecule has 0 amide bonds. The number of aromatic amines is 1. The van der Waals surface area contributed by atoms with Gasteiger partial charge in [0.2, 0.25) is 5.88 Å². The van der Waals surface area contributed by atoms with Gasteiger partial charge in [0.05, 0.1) is 5.52 Å². The summed E-state index contributed by atoms with van der Waals surface area (Å²) in [5, 5.41) is 0. The lowest BCUT2D eigenvalue weighted by molar-refractivity contribution is 0.0993. The van der Waals surface area contributed by atoms with Gasteiger partial charge in [-0.05, 0) is 73.5 Å². The second-order valence-corrected chi connectivity index (χ2v) is 10.9. The number of piperazine rings is 1. The number of likely N-dealkylation sites (N-methyl/N-ethyl adjacent to an activating group) is 1. The molecule has 5 aromatic rings. The van der Waals surface area contributed by atoms with Gasteiger partial charge in [-0.3, -0.25) is 14.7 Å². The predicted octanol–water partition coefficient (Wildman–Crippen LogP) is 5.60. The van der Waals surface area contributed by atoms with Gasteiger partial charge in [0.25, 0.3) is 0 Å². The molecule has 6 rings (SSSR count). The van der Waals surface area contributed by atoms with Gasteiger partial charge < -0.3 is 14.6 Å². The standard InChI is InChI=1S/C33H34N6O2/c1-22-6-7-24(18-29(40)25-8-9-27(23(2)17-25)21-39-15-13-38(3)14-16-39)19-30(22)41-33-31-28(10-12-35-31)36-32(37-33)26-5-4-11-34-20-26/h4-12,17,19-20,35H,13-16,18,21H2,1-3H3. The fraction of sp³-hybridized carbons (Fsp3) is 0.273. The lowest BCUT2D eigenvalue weighted by atomic mass is 9.98. The molecule has 1 N–H and O–H groups in total. The number of nitrogens with one attached hydrogen (secondary N) is 1. The van der Waals surface area contributed by atoms with E-state index in [0.29, 0.717) is 23.0 Å². The summed E-state index contributed by atoms with van der Waals surface area (Å²) in [4.78, 5) is 34.9. The highest BCUT2D eigenvalue weighted by Crippen LogP contribution is 2.31. The van der Waals surface area contributed by atoms with Gasteiger partial charge in [0.15, 0.2) is 11.6 Å². The lowest BCUT2D eigenvalue weighted by Crippen LogP contribution is -2.43. The highest BCUT2D eigenvalue weighted by molar-refractivity contribution is 5.97. The van der Waals surface area contributed by atoms with Crippen molar-refractivity contribution < 1.29 is 9.53 Å². The number of pyridine rings is 1. The molecule has 3 aromatic heterocycles. The first kappa shape index (κ1) is 26.8. The van der Waals surface area contributed by atoms with Crippen LogP contribution in [0, 0.1) is 13.8 Å². The topological polar surface area (TPSA) is 87.2 Å². The number of hydrogen-bond acceptors (Lipinski definition) is 7. The Morgan fingerprint density at radius 1 is 0.976 bits per heavy atom. The van der Waals surface area contributed by atoms with Crippen LogP contribution in [0.5, 0.6) is 11.6 Å². The molecule has 0 atom stereocenters. The van der Waals surface area contributed by atoms with Crippen molar-refractivity contribution in [2.24, 2.45) is 0 Å². The number of ketones is 1. The van der Waals surface area contributed by atoms with Crippen molar-refractivity contribution in [2.75, 3.05) is 33.2 Å². The van der Waals surface area contributed by atoms with Gasteiger partial charge in [0.1, 0.15) is 11.3 Å². The highest BCUT2D eigenvalue weighted by Gasteiger charge is 2.17. The minimum Gasteiger partial charge on any atom is -0.437 e. The molecule has 0 aliphatic carbocycles. The number of fused-ring (bicyclic) bond motifs is 1. The lowest BCUT2D eigenvalue weighted by Gasteiger charge is -2.32. The van der Waals surface area contributed by atoms with E-state index in [-0.39, 0.29) is 12.2 Å². The second-order valence-electron chi connectivity index (χ2n) is 10.9. The Bertz CT molecular complexity index is 1690. The molecule has 1 aliphatic heterocycles. The molecule has 4 heterocycles. The number of benzene rings is 2. The number of carbonyl (C=O) groups is 1. The molecule has 0 unspecified atom stereocenters. The van der Waals surface area contributed by atoms with Crippen molar-refractivity contribution in [1.82, 2.24) is 29.7 Å². The Morgan fingerprint density at radius 2 is 1.83 bits per heavy atom. The van der Waals surface area contributed by atoms with E-state index in [9.17, 15) is 4.79 Å². The first-order valence-electron chi connectivity index (χ1n) is 14.0. The van der Waals surface area contributed by atoms with Crippen molar-refractivity contribution in [3.63, 3.8) is 0 Å². The van der Waals surface area contributed by atoms with Gasteiger partial charge in [-0.2, -0.15) is 4.98 Å². The maximum absolute atomic E-state index is 13.3. The fourth-order valence-electron chi connectivity index (χ4n) is 5.16. The summed E-state index contributed by atoms with van der Waals surface area (Å²) in [5.74, 6) is 1.70. The summed E-state index contributed by atoms with van der Waals surface area (Å²) in [6.07, 6.45) is 5.56. The summed E-state index contributed by atoms with van der Waals surface area (Å²) in [5.41, 5.74) is 7.29. The Balaban J connectivity index is 1.19. The van der Waals surface area contributed by atoms with Crippen molar-refractivity contribution in [1.29, 1.82) is 0 Å². The predicted molar refractivity (Wildman–Crippen MR) is 160 cm³/mol. The summed E-state index contributed by atoms with van der Waals surface area (Å²) in [7, 11) is 2.17. The van der Waals surface area contributed by atoms with Gasteiger partial charge >= 0.3 is 0 Å². The molecule has 8 nitrogen and oxygen atoms in total. The highest BCUT2D eigenvalue weighted by atomic mass is 16.5. The molecule has 1 fully saturated rings. The molecular weight excluding hydrogens is 512 g/mol. The van der Waals surface area contributed by atoms with Gasteiger partial charge in [-0.1, -0.05) is 24.3 Å². The molecule has 41 heavy (non-hydrogen) atoms. The molecule has 1 saturated heterocycles. The number of nitrogens with zero attached hydrogens (tertiary/aromatic N) is 5. The SMILES string of the molecule is Cc1cc(C(=O)Cc2ccc(C)c(Oc3nc(-c4cccnc4)nc4cc[nH]c34)c2)ccc1CN1CCN(C)CC1. The third-order valence-electron chi connectivity index (χ3n) is 7.77. The molecule has 2 aromatic carbocycles. The van der Waals surface area contributed by atoms with E-state index in [1.807, 2.05) is 61.7 Å². The van der Waals surface area contributed by atoms with Crippen molar-refractivity contribution in [2.45, 2.75) is 26.8 Å². The Hall–Kier alpha value is -4.40. The summed E-state index contributed by atoms with van der Waals surface area (Å²) in [6.45, 7) is 9.34. The van der Waals surface area contributed by atoms with Gasteiger partial charge in [-0.15, -0.1) is 0 Å². The molecule has 0 bridgehead atoms. The van der Waals surface area contributed by atoms with E-state index >= 15 is 0 Å². The van der Waals surface area contributed by atoms with E-state index in [0.717, 1.165) is 66.1 Å². The van der Waals surface area contributed by atoms with Gasteiger partial charge in [-0.25, -0.2) is 4.98 Å². The van der Waals surface area contributed by atoms with Crippen LogP contribution in [0.3, 0.4) is 0 Å². The maximum Gasteiger partial charge on any atom is 0.247 e. The number of aromatic nitrogens is 4. The third-order valence-corrected chi connectivity index (χ3v) is 7.77. The number of rotatable bonds is 8. The van der Waals surface area contributed by atoms with E-state index in [1.54, 1.807) is 12.4 Å². The maximum atomic E-state index is 13.3. The first-order chi connectivity index (χ1) is 19.9. The second kappa shape index (κ2) is 11.6. The summed E-state index contributed by atoms with van der Waals surface area (Å²) in [6, 6.07) is 17.7. The molecule has 8 heteroatoms. The smallest absolute Gasteiger partial charge is 0.247 e. The largest absolute Gasteiger partial charge is 0.437 e. The third kappa shape index (κ3) is 6.04. The van der Waals surface area contributed by atoms with E-state index in [2.05, 4.69) is 44.8 Å². The zero-order chi connectivity index (χ0) is 28.3. The van der Waals surface area contributed by atoms with Crippen LogP contribution >= 0.6 is 0 Å². The normalized spacial score (nSPS) is 14.4. The van der Waals surface area contributed by atoms with Crippen LogP contribution in [0.1, 0.15) is 32.6 Å². The molecule has 0 saturated carbocycles. The van der Waals surface area contributed by atoms with E-state index < -0.39 is 0 Å². The van der Waals surface area contributed by atoms with Crippen LogP contribution in [-0.2, 0) is 13.0 Å². The first-order valence-corrected chi connectivity index (χ1v) is 14.0. The van der Waals surface area contributed by atoms with Crippen molar-refractivity contribution in [3.8, 4) is 23.0 Å². The van der Waals surface area contributed by atoms with E-state index in [4.69, 9.17) is 9.72 Å². The average Bonchev–Trinajstić information content (AvgIpc) is 3.47. The zero-order valence-corrected chi connectivity index (χ0v) is 23.7. The quantitative estimate of drug-likeness (QED) is 0.254. The fourth-order valence-corrected chi connectivity index (χ4v) is 5.16. The molecule has 208 valence electrons. The van der Waals surface area contributed by atoms with Crippen LogP contribution in [-0.4, -0.2) is 68.7 Å². The molecule has 1 aliphatic rings. The summed E-state index contributed by atoms with van der Waals surface area (Å²) >= 11 is 0. The minimum absolute atomic E-state index is 0.0849. The summed E-state index contributed by atoms with van der Waals surface area (Å²) < 4.78 is 6.36. The molecule has 0 spiro atoms. The number of ether oxygens (including phenoxy) is 1. The van der Waals surface area contributed by atoms with Crippen LogP contribution in [0.25, 0.3) is 22.4 Å². The van der Waals surface area contributed by atoms with Crippen LogP contribution in [0.4, 0.5) is 0 Å². The average molecular weight is 547 g/mol. The number of H-pyrrole nitrogens is 1. The Morgan fingerprint density at radius 3 is 2.61 bits per heavy atom. The number of hydrogen-bond donors (Lipinski definition) is 1. The van der Waals surface area contributed by atoms with Crippen LogP contribution in [0.15, 0.2) is 73.2 Å². The molecule has 0 radical (unpaired) electrons. The van der Waals surface area contributed by atoms with E-state index in [1.165, 1.54) is 5.56 Å². The molecular formula is C33H34N6O2. The van der Waals surface area contributed by atoms with Crippen LogP contribution in [0.2, 0.25) is 0 Å². The Kier molecular flexibility index (Phi) is 7.59.